The lowest BCUT2D eigenvalue weighted by molar-refractivity contribution is -0.0435. The van der Waals surface area contributed by atoms with Gasteiger partial charge < -0.3 is 18.8 Å². The Morgan fingerprint density at radius 1 is 1.14 bits per heavy atom. The van der Waals surface area contributed by atoms with Gasteiger partial charge in [0.05, 0.1) is 17.8 Å². The normalized spacial score (nSPS) is 24.0. The van der Waals surface area contributed by atoms with E-state index in [4.69, 9.17) is 18.8 Å². The Kier molecular flexibility index (Phi) is 5.20. The summed E-state index contributed by atoms with van der Waals surface area (Å²) in [6, 6.07) is 7.88. The maximum Gasteiger partial charge on any atom is 0.494 e. The van der Waals surface area contributed by atoms with Crippen LogP contribution in [0.3, 0.4) is 0 Å². The quantitative estimate of drug-likeness (QED) is 0.598. The van der Waals surface area contributed by atoms with Crippen molar-refractivity contribution < 1.29 is 18.8 Å². The van der Waals surface area contributed by atoms with Gasteiger partial charge >= 0.3 is 7.12 Å². The number of ether oxygens (including phenoxy) is 2. The molecule has 122 valence electrons. The second-order valence-corrected chi connectivity index (χ2v) is 6.75. The molecule has 1 atom stereocenters. The van der Waals surface area contributed by atoms with Crippen LogP contribution in [0.15, 0.2) is 24.3 Å². The van der Waals surface area contributed by atoms with Crippen LogP contribution in [-0.4, -0.2) is 38.6 Å². The van der Waals surface area contributed by atoms with E-state index in [2.05, 4.69) is 34.6 Å². The maximum absolute atomic E-state index is 6.29. The van der Waals surface area contributed by atoms with Gasteiger partial charge in [-0.3, -0.25) is 0 Å². The second-order valence-electron chi connectivity index (χ2n) is 6.75. The van der Waals surface area contributed by atoms with E-state index in [1.54, 1.807) is 7.11 Å². The third kappa shape index (κ3) is 3.32. The van der Waals surface area contributed by atoms with Crippen molar-refractivity contribution in [3.63, 3.8) is 0 Å². The van der Waals surface area contributed by atoms with Gasteiger partial charge in [-0.25, -0.2) is 0 Å². The Morgan fingerprint density at radius 2 is 1.86 bits per heavy atom. The summed E-state index contributed by atoms with van der Waals surface area (Å²) >= 11 is 0. The molecule has 0 saturated carbocycles. The van der Waals surface area contributed by atoms with Gasteiger partial charge in [0.25, 0.3) is 0 Å². The molecule has 1 fully saturated rings. The fraction of sp³-hybridized carbons (Fsp3) is 0.647. The summed E-state index contributed by atoms with van der Waals surface area (Å²) in [5, 5.41) is 0. The van der Waals surface area contributed by atoms with Crippen LogP contribution in [-0.2, 0) is 14.0 Å². The first kappa shape index (κ1) is 17.3. The van der Waals surface area contributed by atoms with Crippen LogP contribution >= 0.6 is 0 Å². The smallest absolute Gasteiger partial charge is 0.491 e. The highest BCUT2D eigenvalue weighted by atomic mass is 16.7. The molecule has 0 bridgehead atoms. The SMILES string of the molecule is COCCOc1cccc(B2OC(C)(C)C(C)(C(C)C)O2)c1. The lowest BCUT2D eigenvalue weighted by atomic mass is 9.78. The molecule has 0 aromatic heterocycles. The molecule has 0 radical (unpaired) electrons. The fourth-order valence-electron chi connectivity index (χ4n) is 2.73. The van der Waals surface area contributed by atoms with Crippen molar-refractivity contribution in [1.82, 2.24) is 0 Å². The number of benzene rings is 1. The molecular weight excluding hydrogens is 279 g/mol. The van der Waals surface area contributed by atoms with Gasteiger partial charge in [0, 0.05) is 7.11 Å². The fourth-order valence-corrected chi connectivity index (χ4v) is 2.73. The summed E-state index contributed by atoms with van der Waals surface area (Å²) < 4.78 is 23.1. The summed E-state index contributed by atoms with van der Waals surface area (Å²) in [6.07, 6.45) is 0. The van der Waals surface area contributed by atoms with Gasteiger partial charge in [0.1, 0.15) is 12.4 Å². The van der Waals surface area contributed by atoms with E-state index in [9.17, 15) is 0 Å². The molecule has 0 spiro atoms. The van der Waals surface area contributed by atoms with Crippen molar-refractivity contribution in [3.05, 3.63) is 24.3 Å². The molecule has 1 aliphatic heterocycles. The van der Waals surface area contributed by atoms with Gasteiger partial charge in [-0.1, -0.05) is 26.0 Å². The zero-order chi connectivity index (χ0) is 16.4. The molecule has 1 unspecified atom stereocenters. The van der Waals surface area contributed by atoms with Crippen molar-refractivity contribution in [2.24, 2.45) is 5.92 Å². The first-order valence-electron chi connectivity index (χ1n) is 7.87. The van der Waals surface area contributed by atoms with Crippen LogP contribution in [0, 0.1) is 5.92 Å². The predicted molar refractivity (Wildman–Crippen MR) is 88.7 cm³/mol. The van der Waals surface area contributed by atoms with E-state index in [1.165, 1.54) is 0 Å². The number of hydrogen-bond acceptors (Lipinski definition) is 4. The Balaban J connectivity index is 2.14. The Labute approximate surface area is 134 Å². The zero-order valence-corrected chi connectivity index (χ0v) is 14.5. The summed E-state index contributed by atoms with van der Waals surface area (Å²) in [5.41, 5.74) is 0.302. The minimum atomic E-state index is -0.367. The van der Waals surface area contributed by atoms with Crippen LogP contribution in [0.5, 0.6) is 5.75 Å². The molecule has 22 heavy (non-hydrogen) atoms. The van der Waals surface area contributed by atoms with Crippen molar-refractivity contribution in [1.29, 1.82) is 0 Å². The largest absolute Gasteiger partial charge is 0.494 e. The molecule has 5 heteroatoms. The summed E-state index contributed by atoms with van der Waals surface area (Å²) in [6.45, 7) is 11.7. The molecule has 0 amide bonds. The highest BCUT2D eigenvalue weighted by molar-refractivity contribution is 6.62. The maximum atomic E-state index is 6.29. The average Bonchev–Trinajstić information content (AvgIpc) is 2.71. The minimum Gasteiger partial charge on any atom is -0.491 e. The molecule has 1 aliphatic rings. The monoisotopic (exact) mass is 306 g/mol. The summed E-state index contributed by atoms with van der Waals surface area (Å²) in [4.78, 5) is 0. The van der Waals surface area contributed by atoms with Gasteiger partial charge in [0.2, 0.25) is 0 Å². The van der Waals surface area contributed by atoms with E-state index in [0.29, 0.717) is 19.1 Å². The van der Waals surface area contributed by atoms with E-state index in [-0.39, 0.29) is 18.3 Å². The number of rotatable bonds is 6. The van der Waals surface area contributed by atoms with Crippen molar-refractivity contribution in [2.45, 2.75) is 45.8 Å². The predicted octanol–water partition coefficient (Wildman–Crippen LogP) is 2.65. The molecule has 1 aromatic rings. The first-order chi connectivity index (χ1) is 10.3. The highest BCUT2D eigenvalue weighted by Crippen LogP contribution is 2.42. The van der Waals surface area contributed by atoms with Crippen LogP contribution < -0.4 is 10.2 Å². The van der Waals surface area contributed by atoms with Gasteiger partial charge in [-0.15, -0.1) is 0 Å². The van der Waals surface area contributed by atoms with Gasteiger partial charge in [0.15, 0.2) is 0 Å². The Bertz CT molecular complexity index is 503. The molecule has 4 nitrogen and oxygen atoms in total. The van der Waals surface area contributed by atoms with E-state index < -0.39 is 0 Å². The molecule has 0 aliphatic carbocycles. The van der Waals surface area contributed by atoms with E-state index in [0.717, 1.165) is 11.2 Å². The lowest BCUT2D eigenvalue weighted by Gasteiger charge is -2.39. The third-order valence-corrected chi connectivity index (χ3v) is 4.74. The van der Waals surface area contributed by atoms with Crippen molar-refractivity contribution in [2.75, 3.05) is 20.3 Å². The van der Waals surface area contributed by atoms with Crippen LogP contribution in [0.25, 0.3) is 0 Å². The van der Waals surface area contributed by atoms with Crippen LogP contribution in [0.4, 0.5) is 0 Å². The molecule has 1 aromatic carbocycles. The Morgan fingerprint density at radius 3 is 2.45 bits per heavy atom. The molecule has 2 rings (SSSR count). The third-order valence-electron chi connectivity index (χ3n) is 4.74. The molecule has 1 saturated heterocycles. The molecule has 0 N–H and O–H groups in total. The number of methoxy groups -OCH3 is 1. The van der Waals surface area contributed by atoms with E-state index >= 15 is 0 Å². The molecular formula is C17H27BO4. The van der Waals surface area contributed by atoms with E-state index in [1.807, 2.05) is 24.3 Å². The summed E-state index contributed by atoms with van der Waals surface area (Å²) in [5.74, 6) is 1.16. The van der Waals surface area contributed by atoms with Gasteiger partial charge in [-0.2, -0.15) is 0 Å². The standard InChI is InChI=1S/C17H27BO4/c1-13(2)17(5)16(3,4)21-18(22-17)14-8-7-9-15(12-14)20-11-10-19-6/h7-9,12-13H,10-11H2,1-6H3. The molecule has 1 heterocycles. The van der Waals surface area contributed by atoms with Gasteiger partial charge in [-0.05, 0) is 44.3 Å². The first-order valence-corrected chi connectivity index (χ1v) is 7.87. The minimum absolute atomic E-state index is 0.329. The lowest BCUT2D eigenvalue weighted by Crippen LogP contribution is -2.48. The topological polar surface area (TPSA) is 36.9 Å². The zero-order valence-electron chi connectivity index (χ0n) is 14.5. The number of hydrogen-bond donors (Lipinski definition) is 0. The highest BCUT2D eigenvalue weighted by Gasteiger charge is 2.56. The second kappa shape index (κ2) is 6.61. The van der Waals surface area contributed by atoms with Crippen LogP contribution in [0.1, 0.15) is 34.6 Å². The van der Waals surface area contributed by atoms with Crippen molar-refractivity contribution >= 4 is 12.6 Å². The average molecular weight is 306 g/mol. The van der Waals surface area contributed by atoms with Crippen molar-refractivity contribution in [3.8, 4) is 5.75 Å². The Hall–Kier alpha value is -1.04. The van der Waals surface area contributed by atoms with Crippen LogP contribution in [0.2, 0.25) is 0 Å². The summed E-state index contributed by atoms with van der Waals surface area (Å²) in [7, 11) is 1.29.